The molecule has 0 aromatic heterocycles. The number of benzene rings is 1. The molecule has 1 saturated heterocycles. The fourth-order valence-electron chi connectivity index (χ4n) is 2.38. The number of hydrogen-bond donors (Lipinski definition) is 0. The van der Waals surface area contributed by atoms with Crippen LogP contribution < -0.4 is 0 Å². The van der Waals surface area contributed by atoms with Gasteiger partial charge >= 0.3 is 0 Å². The van der Waals surface area contributed by atoms with Gasteiger partial charge in [-0.25, -0.2) is 0 Å². The van der Waals surface area contributed by atoms with Crippen molar-refractivity contribution in [3.05, 3.63) is 35.9 Å². The van der Waals surface area contributed by atoms with Crippen LogP contribution >= 0.6 is 0 Å². The van der Waals surface area contributed by atoms with Gasteiger partial charge in [0.25, 0.3) is 10.2 Å². The lowest BCUT2D eigenvalue weighted by atomic mass is 9.92. The fourth-order valence-corrected chi connectivity index (χ4v) is 3.57. The molecule has 0 N–H and O–H groups in total. The Balaban J connectivity index is 2.15. The van der Waals surface area contributed by atoms with Crippen molar-refractivity contribution < 1.29 is 8.42 Å². The van der Waals surface area contributed by atoms with E-state index in [1.165, 1.54) is 9.87 Å². The predicted octanol–water partition coefficient (Wildman–Crippen LogP) is 1.67. The van der Waals surface area contributed by atoms with Gasteiger partial charge in [-0.15, -0.1) is 0 Å². The molecular formula is C13H20N2O2S. The van der Waals surface area contributed by atoms with Gasteiger partial charge in [-0.3, -0.25) is 0 Å². The second-order valence-electron chi connectivity index (χ2n) is 4.90. The fraction of sp³-hybridized carbons (Fsp3) is 0.538. The van der Waals surface area contributed by atoms with Crippen LogP contribution in [-0.4, -0.2) is 44.2 Å². The van der Waals surface area contributed by atoms with E-state index >= 15 is 0 Å². The average molecular weight is 268 g/mol. The minimum absolute atomic E-state index is 0.315. The van der Waals surface area contributed by atoms with Gasteiger partial charge in [-0.1, -0.05) is 30.3 Å². The van der Waals surface area contributed by atoms with E-state index in [0.29, 0.717) is 19.0 Å². The molecule has 1 atom stereocenters. The topological polar surface area (TPSA) is 40.6 Å². The maximum Gasteiger partial charge on any atom is 0.281 e. The zero-order chi connectivity index (χ0) is 13.2. The average Bonchev–Trinajstić information content (AvgIpc) is 2.40. The van der Waals surface area contributed by atoms with Crippen LogP contribution in [-0.2, 0) is 10.2 Å². The summed E-state index contributed by atoms with van der Waals surface area (Å²) in [5, 5.41) is 0. The molecule has 1 aliphatic rings. The lowest BCUT2D eigenvalue weighted by Gasteiger charge is -2.33. The van der Waals surface area contributed by atoms with Crippen LogP contribution in [0.3, 0.4) is 0 Å². The van der Waals surface area contributed by atoms with E-state index in [2.05, 4.69) is 12.1 Å². The summed E-state index contributed by atoms with van der Waals surface area (Å²) in [6.45, 7) is 1.22. The summed E-state index contributed by atoms with van der Waals surface area (Å²) in [6.07, 6.45) is 1.98. The van der Waals surface area contributed by atoms with Crippen LogP contribution in [0.25, 0.3) is 0 Å². The molecule has 0 aliphatic carbocycles. The monoisotopic (exact) mass is 268 g/mol. The summed E-state index contributed by atoms with van der Waals surface area (Å²) in [6, 6.07) is 10.2. The molecule has 4 nitrogen and oxygen atoms in total. The van der Waals surface area contributed by atoms with Crippen LogP contribution in [0.2, 0.25) is 0 Å². The van der Waals surface area contributed by atoms with Crippen molar-refractivity contribution in [3.8, 4) is 0 Å². The zero-order valence-electron chi connectivity index (χ0n) is 10.9. The summed E-state index contributed by atoms with van der Waals surface area (Å²) in [5.41, 5.74) is 1.23. The molecule has 1 aliphatic heterocycles. The highest BCUT2D eigenvalue weighted by molar-refractivity contribution is 7.86. The van der Waals surface area contributed by atoms with Crippen LogP contribution in [0.5, 0.6) is 0 Å². The highest BCUT2D eigenvalue weighted by Crippen LogP contribution is 2.28. The van der Waals surface area contributed by atoms with Crippen molar-refractivity contribution in [3.63, 3.8) is 0 Å². The van der Waals surface area contributed by atoms with E-state index in [4.69, 9.17) is 0 Å². The van der Waals surface area contributed by atoms with E-state index < -0.39 is 10.2 Å². The van der Waals surface area contributed by atoms with Crippen molar-refractivity contribution in [2.75, 3.05) is 27.2 Å². The summed E-state index contributed by atoms with van der Waals surface area (Å²) < 4.78 is 27.1. The van der Waals surface area contributed by atoms with E-state index in [9.17, 15) is 8.42 Å². The summed E-state index contributed by atoms with van der Waals surface area (Å²) >= 11 is 0. The van der Waals surface area contributed by atoms with Crippen LogP contribution in [0.1, 0.15) is 24.3 Å². The van der Waals surface area contributed by atoms with Crippen molar-refractivity contribution in [1.82, 2.24) is 8.61 Å². The second kappa shape index (κ2) is 5.38. The van der Waals surface area contributed by atoms with Crippen molar-refractivity contribution in [2.45, 2.75) is 18.8 Å². The minimum Gasteiger partial charge on any atom is -0.195 e. The first-order valence-electron chi connectivity index (χ1n) is 6.24. The Kier molecular flexibility index (Phi) is 4.04. The largest absolute Gasteiger partial charge is 0.281 e. The Bertz CT molecular complexity index is 485. The van der Waals surface area contributed by atoms with Gasteiger partial charge in [0.15, 0.2) is 0 Å². The van der Waals surface area contributed by atoms with E-state index in [0.717, 1.165) is 12.8 Å². The first kappa shape index (κ1) is 13.5. The highest BCUT2D eigenvalue weighted by Gasteiger charge is 2.30. The first-order chi connectivity index (χ1) is 8.51. The molecule has 0 spiro atoms. The third kappa shape index (κ3) is 2.74. The summed E-state index contributed by atoms with van der Waals surface area (Å²) in [5.74, 6) is 0.315. The lowest BCUT2D eigenvalue weighted by molar-refractivity contribution is 0.298. The van der Waals surface area contributed by atoms with E-state index in [1.54, 1.807) is 18.4 Å². The molecule has 0 bridgehead atoms. The van der Waals surface area contributed by atoms with Gasteiger partial charge in [0.2, 0.25) is 0 Å². The van der Waals surface area contributed by atoms with Gasteiger partial charge in [0.05, 0.1) is 0 Å². The SMILES string of the molecule is CN(C)S(=O)(=O)N1CCCC(c2ccccc2)C1. The smallest absolute Gasteiger partial charge is 0.195 e. The molecule has 1 unspecified atom stereocenters. The summed E-state index contributed by atoms with van der Waals surface area (Å²) in [7, 11) is -0.105. The van der Waals surface area contributed by atoms with Gasteiger partial charge in [0.1, 0.15) is 0 Å². The molecule has 1 aromatic rings. The van der Waals surface area contributed by atoms with E-state index in [1.807, 2.05) is 18.2 Å². The second-order valence-corrected chi connectivity index (χ2v) is 7.04. The normalized spacial score (nSPS) is 22.3. The van der Waals surface area contributed by atoms with Gasteiger partial charge in [-0.2, -0.15) is 17.0 Å². The molecular weight excluding hydrogens is 248 g/mol. The standard InChI is InChI=1S/C13H20N2O2S/c1-14(2)18(16,17)15-10-6-9-13(11-15)12-7-4-3-5-8-12/h3-5,7-8,13H,6,9-11H2,1-2H3. The van der Waals surface area contributed by atoms with Crippen molar-refractivity contribution in [1.29, 1.82) is 0 Å². The highest BCUT2D eigenvalue weighted by atomic mass is 32.2. The molecule has 100 valence electrons. The van der Waals surface area contributed by atoms with E-state index in [-0.39, 0.29) is 0 Å². The predicted molar refractivity (Wildman–Crippen MR) is 72.6 cm³/mol. The number of rotatable bonds is 3. The quantitative estimate of drug-likeness (QED) is 0.836. The Morgan fingerprint density at radius 1 is 1.22 bits per heavy atom. The third-order valence-corrected chi connectivity index (χ3v) is 5.35. The van der Waals surface area contributed by atoms with Crippen LogP contribution in [0, 0.1) is 0 Å². The first-order valence-corrected chi connectivity index (χ1v) is 7.64. The Hall–Kier alpha value is -0.910. The summed E-state index contributed by atoms with van der Waals surface area (Å²) in [4.78, 5) is 0. The van der Waals surface area contributed by atoms with Gasteiger partial charge < -0.3 is 0 Å². The Morgan fingerprint density at radius 2 is 1.89 bits per heavy atom. The lowest BCUT2D eigenvalue weighted by Crippen LogP contribution is -2.44. The molecule has 1 heterocycles. The zero-order valence-corrected chi connectivity index (χ0v) is 11.7. The molecule has 2 rings (SSSR count). The molecule has 1 fully saturated rings. The Labute approximate surface area is 109 Å². The van der Waals surface area contributed by atoms with Gasteiger partial charge in [-0.05, 0) is 24.3 Å². The molecule has 0 amide bonds. The van der Waals surface area contributed by atoms with Crippen molar-refractivity contribution >= 4 is 10.2 Å². The van der Waals surface area contributed by atoms with Gasteiger partial charge in [0, 0.05) is 27.2 Å². The molecule has 0 radical (unpaired) electrons. The number of hydrogen-bond acceptors (Lipinski definition) is 2. The molecule has 18 heavy (non-hydrogen) atoms. The Morgan fingerprint density at radius 3 is 2.50 bits per heavy atom. The number of piperidine rings is 1. The van der Waals surface area contributed by atoms with Crippen LogP contribution in [0.4, 0.5) is 0 Å². The van der Waals surface area contributed by atoms with Crippen molar-refractivity contribution in [2.24, 2.45) is 0 Å². The molecule has 1 aromatic carbocycles. The molecule has 5 heteroatoms. The number of nitrogens with zero attached hydrogens (tertiary/aromatic N) is 2. The molecule has 0 saturated carbocycles. The minimum atomic E-state index is -3.27. The maximum atomic E-state index is 12.1. The third-order valence-electron chi connectivity index (χ3n) is 3.44. The van der Waals surface area contributed by atoms with Crippen LogP contribution in [0.15, 0.2) is 30.3 Å². The maximum absolute atomic E-state index is 12.1.